The van der Waals surface area contributed by atoms with Crippen LogP contribution in [0.25, 0.3) is 0 Å². The van der Waals surface area contributed by atoms with E-state index in [2.05, 4.69) is 22.3 Å². The maximum absolute atomic E-state index is 11.5. The predicted octanol–water partition coefficient (Wildman–Crippen LogP) is 2.13. The number of piperidine rings is 1. The van der Waals surface area contributed by atoms with Gasteiger partial charge in [-0.1, -0.05) is 18.2 Å². The molecular weight excluding hydrogens is 348 g/mol. The molecule has 2 aromatic rings. The molecule has 138 valence electrons. The van der Waals surface area contributed by atoms with E-state index in [1.165, 1.54) is 22.5 Å². The smallest absolute Gasteiger partial charge is 0.224 e. The number of carbonyl (C=O) groups excluding carboxylic acids is 1. The summed E-state index contributed by atoms with van der Waals surface area (Å²) in [5, 5.41) is 26.2. The molecule has 0 radical (unpaired) electrons. The van der Waals surface area contributed by atoms with Crippen LogP contribution >= 0.6 is 11.3 Å². The minimum absolute atomic E-state index is 0.0887. The van der Waals surface area contributed by atoms with Crippen LogP contribution in [0.1, 0.15) is 28.8 Å². The lowest BCUT2D eigenvalue weighted by molar-refractivity contribution is -0.122. The summed E-state index contributed by atoms with van der Waals surface area (Å²) in [5.74, 6) is 0.0887. The first kappa shape index (κ1) is 17.7. The molecule has 1 aromatic carbocycles. The van der Waals surface area contributed by atoms with Gasteiger partial charge < -0.3 is 20.4 Å². The van der Waals surface area contributed by atoms with Crippen molar-refractivity contribution in [1.29, 1.82) is 0 Å². The lowest BCUT2D eigenvalue weighted by atomic mass is 9.87. The molecule has 1 aromatic heterocycles. The van der Waals surface area contributed by atoms with Crippen molar-refractivity contribution in [3.05, 3.63) is 51.7 Å². The van der Waals surface area contributed by atoms with Crippen molar-refractivity contribution in [3.8, 4) is 0 Å². The van der Waals surface area contributed by atoms with Crippen molar-refractivity contribution in [2.24, 2.45) is 0 Å². The van der Waals surface area contributed by atoms with Crippen molar-refractivity contribution in [3.63, 3.8) is 0 Å². The second-order valence-corrected chi connectivity index (χ2v) is 8.21. The number of hydrogen-bond donors (Lipinski definition) is 3. The third-order valence-corrected chi connectivity index (χ3v) is 6.56. The molecular formula is C20H24N2O3S. The highest BCUT2D eigenvalue weighted by Gasteiger charge is 2.42. The number of aliphatic hydroxyl groups excluding tert-OH is 1. The second-order valence-electron chi connectivity index (χ2n) is 7.26. The lowest BCUT2D eigenvalue weighted by Crippen LogP contribution is -2.53. The molecule has 0 spiro atoms. The van der Waals surface area contributed by atoms with Crippen LogP contribution in [0.2, 0.25) is 0 Å². The molecule has 26 heavy (non-hydrogen) atoms. The Morgan fingerprint density at radius 2 is 2.19 bits per heavy atom. The average molecular weight is 372 g/mol. The van der Waals surface area contributed by atoms with Crippen LogP contribution in [0.5, 0.6) is 0 Å². The molecule has 6 heteroatoms. The highest BCUT2D eigenvalue weighted by atomic mass is 32.1. The van der Waals surface area contributed by atoms with E-state index in [1.54, 1.807) is 0 Å². The zero-order valence-corrected chi connectivity index (χ0v) is 15.5. The number of amides is 1. The van der Waals surface area contributed by atoms with Crippen LogP contribution in [-0.4, -0.2) is 46.8 Å². The molecule has 1 amide bonds. The van der Waals surface area contributed by atoms with Crippen LogP contribution in [0.4, 0.5) is 5.69 Å². The first-order valence-corrected chi connectivity index (χ1v) is 10.0. The van der Waals surface area contributed by atoms with Crippen molar-refractivity contribution < 1.29 is 15.0 Å². The summed E-state index contributed by atoms with van der Waals surface area (Å²) >= 11 is 1.50. The normalized spacial score (nSPS) is 26.4. The van der Waals surface area contributed by atoms with Gasteiger partial charge >= 0.3 is 0 Å². The number of thiophene rings is 1. The molecule has 2 aliphatic heterocycles. The number of anilines is 1. The number of hydrogen-bond acceptors (Lipinski definition) is 5. The van der Waals surface area contributed by atoms with Gasteiger partial charge in [0.1, 0.15) is 11.7 Å². The topological polar surface area (TPSA) is 72.8 Å². The predicted molar refractivity (Wildman–Crippen MR) is 102 cm³/mol. The summed E-state index contributed by atoms with van der Waals surface area (Å²) < 4.78 is 0. The number of carbonyl (C=O) groups is 1. The van der Waals surface area contributed by atoms with E-state index in [9.17, 15) is 15.0 Å². The Balaban J connectivity index is 1.36. The third-order valence-electron chi connectivity index (χ3n) is 5.52. The van der Waals surface area contributed by atoms with Gasteiger partial charge in [0.05, 0.1) is 0 Å². The summed E-state index contributed by atoms with van der Waals surface area (Å²) in [5.41, 5.74) is 2.26. The van der Waals surface area contributed by atoms with Gasteiger partial charge in [-0.05, 0) is 47.9 Å². The molecule has 0 bridgehead atoms. The standard InChI is InChI=1S/C20H24N2O3S/c23-17-13-22(10-8-20(17,25)18-2-1-11-26-18)9-7-14-3-5-16-15(12-14)4-6-19(24)21-16/h1-3,5,11-12,17,23,25H,4,6-10,13H2,(H,21,24)/t17-,20-/m0/s1. The monoisotopic (exact) mass is 372 g/mol. The van der Waals surface area contributed by atoms with E-state index in [1.807, 2.05) is 23.6 Å². The maximum atomic E-state index is 11.5. The van der Waals surface area contributed by atoms with Gasteiger partial charge in [-0.15, -0.1) is 11.3 Å². The number of nitrogens with zero attached hydrogens (tertiary/aromatic N) is 1. The largest absolute Gasteiger partial charge is 0.388 e. The number of β-amino-alcohol motifs (C(OH)–C–C–N with tert-alkyl or cyclic N) is 1. The minimum atomic E-state index is -1.12. The highest BCUT2D eigenvalue weighted by Crippen LogP contribution is 2.35. The fourth-order valence-corrected chi connectivity index (χ4v) is 4.78. The number of nitrogens with one attached hydrogen (secondary N) is 1. The zero-order chi connectivity index (χ0) is 18.1. The fourth-order valence-electron chi connectivity index (χ4n) is 3.88. The molecule has 2 aliphatic rings. The van der Waals surface area contributed by atoms with Crippen LogP contribution in [0, 0.1) is 0 Å². The molecule has 3 heterocycles. The van der Waals surface area contributed by atoms with Crippen LogP contribution < -0.4 is 5.32 Å². The second kappa shape index (κ2) is 7.12. The molecule has 1 saturated heterocycles. The number of likely N-dealkylation sites (tertiary alicyclic amines) is 1. The van der Waals surface area contributed by atoms with Crippen molar-refractivity contribution >= 4 is 22.9 Å². The molecule has 2 atom stereocenters. The summed E-state index contributed by atoms with van der Waals surface area (Å²) in [6, 6.07) is 10.0. The summed E-state index contributed by atoms with van der Waals surface area (Å²) in [6.07, 6.45) is 2.02. The first-order chi connectivity index (χ1) is 12.5. The Morgan fingerprint density at radius 1 is 1.31 bits per heavy atom. The van der Waals surface area contributed by atoms with Crippen molar-refractivity contribution in [2.75, 3.05) is 25.0 Å². The molecule has 1 fully saturated rings. The summed E-state index contributed by atoms with van der Waals surface area (Å²) in [6.45, 7) is 2.10. The Bertz CT molecular complexity index is 792. The van der Waals surface area contributed by atoms with E-state index in [0.717, 1.165) is 36.5 Å². The first-order valence-electron chi connectivity index (χ1n) is 9.13. The Morgan fingerprint density at radius 3 is 2.96 bits per heavy atom. The maximum Gasteiger partial charge on any atom is 0.224 e. The summed E-state index contributed by atoms with van der Waals surface area (Å²) in [4.78, 5) is 14.5. The van der Waals surface area contributed by atoms with Crippen LogP contribution in [0.15, 0.2) is 35.7 Å². The lowest BCUT2D eigenvalue weighted by Gasteiger charge is -2.41. The van der Waals surface area contributed by atoms with Crippen molar-refractivity contribution in [2.45, 2.75) is 37.4 Å². The third kappa shape index (κ3) is 3.42. The molecule has 0 saturated carbocycles. The van der Waals surface area contributed by atoms with Gasteiger partial charge in [0.25, 0.3) is 0 Å². The minimum Gasteiger partial charge on any atom is -0.388 e. The fraction of sp³-hybridized carbons (Fsp3) is 0.450. The van der Waals surface area contributed by atoms with Crippen molar-refractivity contribution in [1.82, 2.24) is 4.90 Å². The molecule has 5 nitrogen and oxygen atoms in total. The number of rotatable bonds is 4. The average Bonchev–Trinajstić information content (AvgIpc) is 3.18. The van der Waals surface area contributed by atoms with Gasteiger partial charge in [-0.3, -0.25) is 4.79 Å². The van der Waals surface area contributed by atoms with E-state index in [0.29, 0.717) is 19.4 Å². The quantitative estimate of drug-likeness (QED) is 0.769. The molecule has 4 rings (SSSR count). The van der Waals surface area contributed by atoms with E-state index >= 15 is 0 Å². The number of aryl methyl sites for hydroxylation is 1. The molecule has 0 aliphatic carbocycles. The van der Waals surface area contributed by atoms with Gasteiger partial charge in [0, 0.05) is 36.6 Å². The van der Waals surface area contributed by atoms with Gasteiger partial charge in [0.15, 0.2) is 0 Å². The number of fused-ring (bicyclic) bond motifs is 1. The molecule has 0 unspecified atom stereocenters. The van der Waals surface area contributed by atoms with Gasteiger partial charge in [-0.2, -0.15) is 0 Å². The number of benzene rings is 1. The van der Waals surface area contributed by atoms with E-state index in [-0.39, 0.29) is 5.91 Å². The van der Waals surface area contributed by atoms with E-state index in [4.69, 9.17) is 0 Å². The molecule has 3 N–H and O–H groups in total. The number of aliphatic hydroxyl groups is 2. The SMILES string of the molecule is O=C1CCc2cc(CCN3CC[C@@](O)(c4cccs4)[C@@H](O)C3)ccc2N1. The van der Waals surface area contributed by atoms with E-state index < -0.39 is 11.7 Å². The van der Waals surface area contributed by atoms with Gasteiger partial charge in [0.2, 0.25) is 5.91 Å². The highest BCUT2D eigenvalue weighted by molar-refractivity contribution is 7.10. The van der Waals surface area contributed by atoms with Gasteiger partial charge in [-0.25, -0.2) is 0 Å². The Hall–Kier alpha value is -1.73. The van der Waals surface area contributed by atoms with Crippen LogP contribution in [-0.2, 0) is 23.2 Å². The summed E-state index contributed by atoms with van der Waals surface area (Å²) in [7, 11) is 0. The zero-order valence-electron chi connectivity index (χ0n) is 14.6. The Kier molecular flexibility index (Phi) is 4.84. The van der Waals surface area contributed by atoms with Crippen LogP contribution in [0.3, 0.4) is 0 Å². The Labute approximate surface area is 157 Å².